The van der Waals surface area contributed by atoms with Crippen LogP contribution in [0.1, 0.15) is 11.3 Å². The molecule has 0 radical (unpaired) electrons. The number of nitrogens with one attached hydrogen (secondary N) is 2. The number of oxazole rings is 1. The number of furan rings is 1. The van der Waals surface area contributed by atoms with Gasteiger partial charge >= 0.3 is 0 Å². The molecule has 0 aliphatic heterocycles. The summed E-state index contributed by atoms with van der Waals surface area (Å²) in [4.78, 5) is 16.9. The molecule has 5 rings (SSSR count). The number of nitrogens with zero attached hydrogens (tertiary/aromatic N) is 1. The molecule has 0 atom stereocenters. The van der Waals surface area contributed by atoms with E-state index in [4.69, 9.17) is 21.1 Å². The predicted octanol–water partition coefficient (Wildman–Crippen LogP) is 6.59. The zero-order chi connectivity index (χ0) is 24.2. The Balaban J connectivity index is 1.21. The summed E-state index contributed by atoms with van der Waals surface area (Å²) in [5.74, 6) is 1.45. The van der Waals surface area contributed by atoms with Gasteiger partial charge in [0.1, 0.15) is 17.0 Å². The lowest BCUT2D eigenvalue weighted by molar-refractivity contribution is -0.115. The van der Waals surface area contributed by atoms with Crippen molar-refractivity contribution in [3.63, 3.8) is 0 Å². The number of rotatable bonds is 5. The molecule has 5 aromatic rings. The molecular formula is C28H21N3O3S. The number of benzene rings is 3. The molecule has 2 aromatic heterocycles. The molecule has 0 spiro atoms. The van der Waals surface area contributed by atoms with Crippen molar-refractivity contribution in [2.75, 3.05) is 5.32 Å². The van der Waals surface area contributed by atoms with Crippen LogP contribution in [0, 0.1) is 6.92 Å². The highest BCUT2D eigenvalue weighted by atomic mass is 32.1. The van der Waals surface area contributed by atoms with Crippen LogP contribution in [0.2, 0.25) is 0 Å². The molecule has 172 valence electrons. The molecule has 0 aliphatic carbocycles. The fourth-order valence-electron chi connectivity index (χ4n) is 3.56. The van der Waals surface area contributed by atoms with Crippen LogP contribution in [0.4, 0.5) is 5.69 Å². The summed E-state index contributed by atoms with van der Waals surface area (Å²) >= 11 is 5.30. The lowest BCUT2D eigenvalue weighted by Gasteiger charge is -2.08. The summed E-state index contributed by atoms with van der Waals surface area (Å²) in [5.41, 5.74) is 5.11. The second-order valence-corrected chi connectivity index (χ2v) is 8.32. The topological polar surface area (TPSA) is 80.3 Å². The maximum atomic E-state index is 12.3. The van der Waals surface area contributed by atoms with E-state index in [1.807, 2.05) is 91.9 Å². The minimum Gasteiger partial charge on any atom is -0.457 e. The molecule has 1 amide bonds. The van der Waals surface area contributed by atoms with Crippen molar-refractivity contribution in [2.45, 2.75) is 6.92 Å². The monoisotopic (exact) mass is 479 g/mol. The number of hydrogen-bond acceptors (Lipinski definition) is 5. The van der Waals surface area contributed by atoms with Crippen molar-refractivity contribution >= 4 is 46.1 Å². The second kappa shape index (κ2) is 9.79. The van der Waals surface area contributed by atoms with Gasteiger partial charge in [-0.25, -0.2) is 4.98 Å². The second-order valence-electron chi connectivity index (χ2n) is 7.92. The maximum Gasteiger partial charge on any atom is 0.250 e. The molecule has 3 aromatic carbocycles. The highest BCUT2D eigenvalue weighted by molar-refractivity contribution is 7.80. The van der Waals surface area contributed by atoms with Crippen molar-refractivity contribution in [3.05, 3.63) is 102 Å². The van der Waals surface area contributed by atoms with Crippen LogP contribution in [0.15, 0.2) is 99.8 Å². The van der Waals surface area contributed by atoms with E-state index < -0.39 is 0 Å². The molecule has 35 heavy (non-hydrogen) atoms. The van der Waals surface area contributed by atoms with E-state index in [0.29, 0.717) is 17.3 Å². The first-order chi connectivity index (χ1) is 17.0. The summed E-state index contributed by atoms with van der Waals surface area (Å²) in [5, 5.41) is 5.84. The van der Waals surface area contributed by atoms with Crippen molar-refractivity contribution < 1.29 is 13.6 Å². The number of anilines is 1. The van der Waals surface area contributed by atoms with Gasteiger partial charge in [0, 0.05) is 22.9 Å². The van der Waals surface area contributed by atoms with Gasteiger partial charge in [0.05, 0.1) is 0 Å². The van der Waals surface area contributed by atoms with Crippen LogP contribution >= 0.6 is 12.2 Å². The fraction of sp³-hybridized carbons (Fsp3) is 0.0357. The highest BCUT2D eigenvalue weighted by Gasteiger charge is 2.10. The van der Waals surface area contributed by atoms with Gasteiger partial charge in [-0.2, -0.15) is 0 Å². The first kappa shape index (κ1) is 22.3. The first-order valence-corrected chi connectivity index (χ1v) is 11.4. The summed E-state index contributed by atoms with van der Waals surface area (Å²) in [6.45, 7) is 2.01. The van der Waals surface area contributed by atoms with Gasteiger partial charge < -0.3 is 14.2 Å². The van der Waals surface area contributed by atoms with E-state index >= 15 is 0 Å². The Morgan fingerprint density at radius 1 is 0.914 bits per heavy atom. The zero-order valence-electron chi connectivity index (χ0n) is 18.8. The average Bonchev–Trinajstić information content (AvgIpc) is 3.50. The van der Waals surface area contributed by atoms with E-state index in [2.05, 4.69) is 15.6 Å². The van der Waals surface area contributed by atoms with Crippen molar-refractivity contribution in [1.82, 2.24) is 10.3 Å². The molecular weight excluding hydrogens is 458 g/mol. The highest BCUT2D eigenvalue weighted by Crippen LogP contribution is 2.27. The maximum absolute atomic E-state index is 12.3. The molecule has 6 nitrogen and oxygen atoms in total. The Morgan fingerprint density at radius 2 is 1.74 bits per heavy atom. The summed E-state index contributed by atoms with van der Waals surface area (Å²) < 4.78 is 11.7. The van der Waals surface area contributed by atoms with Gasteiger partial charge in [-0.1, -0.05) is 42.5 Å². The zero-order valence-corrected chi connectivity index (χ0v) is 19.6. The fourth-order valence-corrected chi connectivity index (χ4v) is 3.78. The summed E-state index contributed by atoms with van der Waals surface area (Å²) in [6, 6.07) is 26.8. The molecule has 0 aliphatic rings. The third kappa shape index (κ3) is 5.37. The molecule has 0 bridgehead atoms. The van der Waals surface area contributed by atoms with E-state index in [-0.39, 0.29) is 11.0 Å². The molecule has 7 heteroatoms. The van der Waals surface area contributed by atoms with E-state index in [1.165, 1.54) is 6.08 Å². The van der Waals surface area contributed by atoms with Crippen LogP contribution in [0.25, 0.3) is 40.0 Å². The van der Waals surface area contributed by atoms with Crippen LogP contribution in [0.3, 0.4) is 0 Å². The minimum atomic E-state index is -0.370. The van der Waals surface area contributed by atoms with E-state index in [1.54, 1.807) is 6.08 Å². The average molecular weight is 480 g/mol. The third-order valence-electron chi connectivity index (χ3n) is 5.23. The van der Waals surface area contributed by atoms with Crippen LogP contribution in [-0.4, -0.2) is 16.0 Å². The Morgan fingerprint density at radius 3 is 2.60 bits per heavy atom. The number of hydrogen-bond donors (Lipinski definition) is 2. The number of carbonyl (C=O) groups is 1. The Labute approximate surface area is 207 Å². The lowest BCUT2D eigenvalue weighted by atomic mass is 10.2. The summed E-state index contributed by atoms with van der Waals surface area (Å²) in [7, 11) is 0. The van der Waals surface area contributed by atoms with Gasteiger partial charge in [-0.3, -0.25) is 10.1 Å². The number of carbonyl (C=O) groups excluding carboxylic acids is 1. The number of aryl methyl sites for hydroxylation is 1. The first-order valence-electron chi connectivity index (χ1n) is 11.0. The molecule has 2 N–H and O–H groups in total. The third-order valence-corrected chi connectivity index (χ3v) is 5.44. The van der Waals surface area contributed by atoms with Gasteiger partial charge in [-0.15, -0.1) is 0 Å². The SMILES string of the molecule is Cc1ccc2nc(-c3cccc(NC(=S)NC(=O)/C=C/c4ccc(-c5ccccc5)o4)c3)oc2c1. The van der Waals surface area contributed by atoms with Gasteiger partial charge in [-0.05, 0) is 73.2 Å². The number of aromatic nitrogens is 1. The van der Waals surface area contributed by atoms with Gasteiger partial charge in [0.2, 0.25) is 11.8 Å². The Kier molecular flexibility index (Phi) is 6.24. The smallest absolute Gasteiger partial charge is 0.250 e. The molecule has 0 unspecified atom stereocenters. The van der Waals surface area contributed by atoms with Gasteiger partial charge in [0.25, 0.3) is 0 Å². The minimum absolute atomic E-state index is 0.175. The Bertz CT molecular complexity index is 1550. The number of amides is 1. The van der Waals surface area contributed by atoms with E-state index in [9.17, 15) is 4.79 Å². The van der Waals surface area contributed by atoms with Crippen molar-refractivity contribution in [3.8, 4) is 22.8 Å². The summed E-state index contributed by atoms with van der Waals surface area (Å²) in [6.07, 6.45) is 2.97. The van der Waals surface area contributed by atoms with Gasteiger partial charge in [0.15, 0.2) is 10.7 Å². The molecule has 0 fully saturated rings. The number of thiocarbonyl (C=S) groups is 1. The Hall–Kier alpha value is -4.49. The normalized spacial score (nSPS) is 11.1. The quantitative estimate of drug-likeness (QED) is 0.219. The predicted molar refractivity (Wildman–Crippen MR) is 142 cm³/mol. The largest absolute Gasteiger partial charge is 0.457 e. The van der Waals surface area contributed by atoms with Crippen molar-refractivity contribution in [2.24, 2.45) is 0 Å². The molecule has 0 saturated carbocycles. The van der Waals surface area contributed by atoms with E-state index in [0.717, 1.165) is 33.6 Å². The number of fused-ring (bicyclic) bond motifs is 1. The molecule has 2 heterocycles. The van der Waals surface area contributed by atoms with Crippen molar-refractivity contribution in [1.29, 1.82) is 0 Å². The van der Waals surface area contributed by atoms with Crippen LogP contribution in [0.5, 0.6) is 0 Å². The van der Waals surface area contributed by atoms with Crippen LogP contribution in [-0.2, 0) is 4.79 Å². The molecule has 0 saturated heterocycles. The standard InChI is InChI=1S/C28H21N3O3S/c1-18-10-13-23-25(16-18)34-27(30-23)20-8-5-9-21(17-20)29-28(35)31-26(32)15-12-22-11-14-24(33-22)19-6-3-2-4-7-19/h2-17H,1H3,(H2,29,31,32,35)/b15-12+. The lowest BCUT2D eigenvalue weighted by Crippen LogP contribution is -2.32. The van der Waals surface area contributed by atoms with Crippen LogP contribution < -0.4 is 10.6 Å².